The molecule has 0 spiro atoms. The lowest BCUT2D eigenvalue weighted by Gasteiger charge is -2.27. The van der Waals surface area contributed by atoms with Crippen LogP contribution in [-0.2, 0) is 9.59 Å². The number of fused-ring (bicyclic) bond motifs is 1. The lowest BCUT2D eigenvalue weighted by Crippen LogP contribution is -2.36. The Morgan fingerprint density at radius 3 is 2.50 bits per heavy atom. The number of amides is 2. The summed E-state index contributed by atoms with van der Waals surface area (Å²) < 4.78 is 0. The molecular weight excluding hydrogens is 380 g/mol. The van der Waals surface area contributed by atoms with Gasteiger partial charge in [0.2, 0.25) is 11.8 Å². The summed E-state index contributed by atoms with van der Waals surface area (Å²) in [4.78, 5) is 39.2. The SMILES string of the molecule is CC(=O)Nc1cncc(-c2cc3cc(NC(=O)C4CCN(C)CC4)ncc3cn2)c1. The topological polar surface area (TPSA) is 100 Å². The number of likely N-dealkylation sites (tertiary alicyclic amines) is 1. The Morgan fingerprint density at radius 1 is 0.967 bits per heavy atom. The molecule has 4 rings (SSSR count). The zero-order valence-corrected chi connectivity index (χ0v) is 17.1. The van der Waals surface area contributed by atoms with Gasteiger partial charge in [0.15, 0.2) is 0 Å². The van der Waals surface area contributed by atoms with Gasteiger partial charge in [0.1, 0.15) is 5.82 Å². The van der Waals surface area contributed by atoms with Gasteiger partial charge in [0.25, 0.3) is 0 Å². The van der Waals surface area contributed by atoms with E-state index in [1.54, 1.807) is 24.8 Å². The van der Waals surface area contributed by atoms with E-state index in [4.69, 9.17) is 0 Å². The molecule has 0 atom stereocenters. The molecular formula is C22H24N6O2. The minimum Gasteiger partial charge on any atom is -0.325 e. The van der Waals surface area contributed by atoms with Crippen LogP contribution >= 0.6 is 0 Å². The first-order chi connectivity index (χ1) is 14.5. The Morgan fingerprint density at radius 2 is 1.73 bits per heavy atom. The van der Waals surface area contributed by atoms with E-state index in [1.807, 2.05) is 18.2 Å². The van der Waals surface area contributed by atoms with Crippen LogP contribution in [0.4, 0.5) is 11.5 Å². The highest BCUT2D eigenvalue weighted by atomic mass is 16.2. The van der Waals surface area contributed by atoms with Crippen molar-refractivity contribution in [3.8, 4) is 11.3 Å². The average Bonchev–Trinajstić information content (AvgIpc) is 2.73. The van der Waals surface area contributed by atoms with Crippen LogP contribution < -0.4 is 10.6 Å². The summed E-state index contributed by atoms with van der Waals surface area (Å²) in [5.41, 5.74) is 2.13. The van der Waals surface area contributed by atoms with Crippen LogP contribution in [0.25, 0.3) is 22.0 Å². The van der Waals surface area contributed by atoms with Gasteiger partial charge in [-0.2, -0.15) is 0 Å². The van der Waals surface area contributed by atoms with Crippen LogP contribution in [0.15, 0.2) is 43.0 Å². The van der Waals surface area contributed by atoms with Crippen molar-refractivity contribution in [3.63, 3.8) is 0 Å². The number of hydrogen-bond acceptors (Lipinski definition) is 6. The third-order valence-electron chi connectivity index (χ3n) is 5.30. The van der Waals surface area contributed by atoms with E-state index in [9.17, 15) is 9.59 Å². The maximum Gasteiger partial charge on any atom is 0.228 e. The summed E-state index contributed by atoms with van der Waals surface area (Å²) >= 11 is 0. The molecule has 0 aliphatic carbocycles. The highest BCUT2D eigenvalue weighted by Crippen LogP contribution is 2.25. The van der Waals surface area contributed by atoms with E-state index >= 15 is 0 Å². The summed E-state index contributed by atoms with van der Waals surface area (Å²) in [6, 6.07) is 5.61. The van der Waals surface area contributed by atoms with Crippen molar-refractivity contribution in [1.82, 2.24) is 19.9 Å². The number of carbonyl (C=O) groups excluding carboxylic acids is 2. The summed E-state index contributed by atoms with van der Waals surface area (Å²) in [5, 5.41) is 7.48. The molecule has 0 radical (unpaired) electrons. The number of pyridine rings is 3. The number of hydrogen-bond donors (Lipinski definition) is 2. The third kappa shape index (κ3) is 4.60. The van der Waals surface area contributed by atoms with Gasteiger partial charge in [-0.15, -0.1) is 0 Å². The van der Waals surface area contributed by atoms with Gasteiger partial charge in [-0.25, -0.2) is 4.98 Å². The molecule has 3 aromatic rings. The van der Waals surface area contributed by atoms with E-state index < -0.39 is 0 Å². The van der Waals surface area contributed by atoms with Crippen molar-refractivity contribution in [2.45, 2.75) is 19.8 Å². The number of nitrogens with one attached hydrogen (secondary N) is 2. The van der Waals surface area contributed by atoms with Crippen molar-refractivity contribution in [3.05, 3.63) is 43.0 Å². The van der Waals surface area contributed by atoms with Crippen molar-refractivity contribution in [1.29, 1.82) is 0 Å². The lowest BCUT2D eigenvalue weighted by atomic mass is 9.96. The fourth-order valence-electron chi connectivity index (χ4n) is 3.61. The second kappa shape index (κ2) is 8.54. The van der Waals surface area contributed by atoms with Crippen molar-refractivity contribution >= 4 is 34.1 Å². The molecule has 1 fully saturated rings. The van der Waals surface area contributed by atoms with Crippen LogP contribution in [-0.4, -0.2) is 51.8 Å². The molecule has 0 bridgehead atoms. The van der Waals surface area contributed by atoms with Gasteiger partial charge < -0.3 is 15.5 Å². The standard InChI is InChI=1S/C22H24N6O2/c1-14(29)26-19-7-17(10-23-13-19)20-8-16-9-21(25-12-18(16)11-24-20)27-22(30)15-3-5-28(2)6-4-15/h7-13,15H,3-6H2,1-2H3,(H,26,29)(H,25,27,30). The highest BCUT2D eigenvalue weighted by molar-refractivity contribution is 5.95. The summed E-state index contributed by atoms with van der Waals surface area (Å²) in [5.74, 6) is 0.427. The van der Waals surface area contributed by atoms with Gasteiger partial charge in [-0.05, 0) is 56.6 Å². The maximum absolute atomic E-state index is 12.6. The van der Waals surface area contributed by atoms with E-state index in [-0.39, 0.29) is 17.7 Å². The number of anilines is 2. The Hall–Kier alpha value is -3.39. The number of rotatable bonds is 4. The lowest BCUT2D eigenvalue weighted by molar-refractivity contribution is -0.121. The normalized spacial score (nSPS) is 15.1. The predicted molar refractivity (Wildman–Crippen MR) is 116 cm³/mol. The van der Waals surface area contributed by atoms with Crippen molar-refractivity contribution in [2.24, 2.45) is 5.92 Å². The smallest absolute Gasteiger partial charge is 0.228 e. The minimum absolute atomic E-state index is 0.0225. The Kier molecular flexibility index (Phi) is 5.67. The molecule has 8 heteroatoms. The van der Waals surface area contributed by atoms with E-state index in [0.717, 1.165) is 48.0 Å². The number of nitrogens with zero attached hydrogens (tertiary/aromatic N) is 4. The van der Waals surface area contributed by atoms with Gasteiger partial charge in [-0.1, -0.05) is 0 Å². The molecule has 2 amide bonds. The number of aromatic nitrogens is 3. The molecule has 1 aliphatic rings. The van der Waals surface area contributed by atoms with Gasteiger partial charge in [0, 0.05) is 42.4 Å². The highest BCUT2D eigenvalue weighted by Gasteiger charge is 2.23. The largest absolute Gasteiger partial charge is 0.325 e. The van der Waals surface area contributed by atoms with Crippen LogP contribution in [0.5, 0.6) is 0 Å². The van der Waals surface area contributed by atoms with Gasteiger partial charge >= 0.3 is 0 Å². The van der Waals surface area contributed by atoms with Crippen LogP contribution in [0, 0.1) is 5.92 Å². The van der Waals surface area contributed by atoms with Crippen LogP contribution in [0.2, 0.25) is 0 Å². The molecule has 1 aliphatic heterocycles. The quantitative estimate of drug-likeness (QED) is 0.694. The van der Waals surface area contributed by atoms with E-state index in [0.29, 0.717) is 11.5 Å². The Bertz CT molecular complexity index is 1090. The van der Waals surface area contributed by atoms with Crippen molar-refractivity contribution in [2.75, 3.05) is 30.8 Å². The minimum atomic E-state index is -0.156. The first-order valence-electron chi connectivity index (χ1n) is 9.96. The first kappa shape index (κ1) is 19.9. The molecule has 8 nitrogen and oxygen atoms in total. The van der Waals surface area contributed by atoms with Gasteiger partial charge in [-0.3, -0.25) is 19.6 Å². The zero-order chi connectivity index (χ0) is 21.1. The summed E-state index contributed by atoms with van der Waals surface area (Å²) in [6.07, 6.45) is 8.47. The van der Waals surface area contributed by atoms with Crippen LogP contribution in [0.1, 0.15) is 19.8 Å². The summed E-state index contributed by atoms with van der Waals surface area (Å²) in [7, 11) is 2.08. The molecule has 2 N–H and O–H groups in total. The molecule has 1 saturated heterocycles. The van der Waals surface area contributed by atoms with E-state index in [2.05, 4.69) is 37.5 Å². The van der Waals surface area contributed by atoms with Gasteiger partial charge in [0.05, 0.1) is 17.6 Å². The summed E-state index contributed by atoms with van der Waals surface area (Å²) in [6.45, 7) is 3.32. The molecule has 0 saturated carbocycles. The zero-order valence-electron chi connectivity index (χ0n) is 17.1. The maximum atomic E-state index is 12.6. The average molecular weight is 404 g/mol. The van der Waals surface area contributed by atoms with Crippen molar-refractivity contribution < 1.29 is 9.59 Å². The second-order valence-electron chi connectivity index (χ2n) is 7.70. The fraction of sp³-hybridized carbons (Fsp3) is 0.318. The fourth-order valence-corrected chi connectivity index (χ4v) is 3.61. The Labute approximate surface area is 174 Å². The number of carbonyl (C=O) groups is 2. The number of piperidine rings is 1. The second-order valence-corrected chi connectivity index (χ2v) is 7.70. The monoisotopic (exact) mass is 404 g/mol. The predicted octanol–water partition coefficient (Wildman–Crippen LogP) is 2.93. The van der Waals surface area contributed by atoms with Crippen LogP contribution in [0.3, 0.4) is 0 Å². The van der Waals surface area contributed by atoms with E-state index in [1.165, 1.54) is 6.92 Å². The Balaban J connectivity index is 1.55. The molecule has 0 unspecified atom stereocenters. The molecule has 0 aromatic carbocycles. The first-order valence-corrected chi connectivity index (χ1v) is 9.96. The third-order valence-corrected chi connectivity index (χ3v) is 5.30. The molecule has 3 aromatic heterocycles. The molecule has 154 valence electrons. The molecule has 30 heavy (non-hydrogen) atoms. The molecule has 4 heterocycles.